The van der Waals surface area contributed by atoms with Gasteiger partial charge in [0.25, 0.3) is 5.91 Å². The van der Waals surface area contributed by atoms with Crippen molar-refractivity contribution in [3.05, 3.63) is 58.6 Å². The first-order valence-corrected chi connectivity index (χ1v) is 6.12. The van der Waals surface area contributed by atoms with E-state index in [-0.39, 0.29) is 22.0 Å². The van der Waals surface area contributed by atoms with Gasteiger partial charge in [0.15, 0.2) is 0 Å². The number of alkyl halides is 3. The molecule has 3 nitrogen and oxygen atoms in total. The molecule has 0 spiro atoms. The normalized spacial score (nSPS) is 11.2. The number of aromatic hydroxyl groups is 1. The third-order valence-corrected chi connectivity index (χ3v) is 2.96. The molecule has 2 rings (SSSR count). The Balaban J connectivity index is 2.21. The van der Waals surface area contributed by atoms with E-state index in [1.807, 2.05) is 0 Å². The molecule has 0 unspecified atom stereocenters. The van der Waals surface area contributed by atoms with Crippen molar-refractivity contribution in [2.45, 2.75) is 6.18 Å². The number of carbonyl (C=O) groups excluding carboxylic acids is 1. The zero-order valence-corrected chi connectivity index (χ0v) is 11.2. The summed E-state index contributed by atoms with van der Waals surface area (Å²) in [5.41, 5.74) is -0.724. The lowest BCUT2D eigenvalue weighted by atomic mass is 10.1. The molecule has 0 atom stereocenters. The van der Waals surface area contributed by atoms with Gasteiger partial charge in [-0.3, -0.25) is 4.79 Å². The van der Waals surface area contributed by atoms with Gasteiger partial charge in [0, 0.05) is 11.3 Å². The van der Waals surface area contributed by atoms with E-state index < -0.39 is 17.6 Å². The largest absolute Gasteiger partial charge is 0.506 e. The number of amides is 1. The van der Waals surface area contributed by atoms with E-state index in [0.717, 1.165) is 12.1 Å². The van der Waals surface area contributed by atoms with Crippen LogP contribution in [0.25, 0.3) is 0 Å². The smallest absolute Gasteiger partial charge is 0.416 e. The number of rotatable bonds is 2. The number of nitrogens with one attached hydrogen (secondary N) is 1. The average Bonchev–Trinajstić information content (AvgIpc) is 2.41. The van der Waals surface area contributed by atoms with E-state index in [0.29, 0.717) is 0 Å². The van der Waals surface area contributed by atoms with Gasteiger partial charge in [0.2, 0.25) is 0 Å². The molecule has 0 heterocycles. The molecule has 110 valence electrons. The number of hydrogen-bond acceptors (Lipinski definition) is 2. The molecule has 0 aromatic heterocycles. The van der Waals surface area contributed by atoms with E-state index >= 15 is 0 Å². The maximum atomic E-state index is 12.6. The zero-order valence-electron chi connectivity index (χ0n) is 10.4. The minimum Gasteiger partial charge on any atom is -0.506 e. The van der Waals surface area contributed by atoms with Crippen LogP contribution in [0.15, 0.2) is 42.5 Å². The molecule has 2 aromatic rings. The van der Waals surface area contributed by atoms with E-state index in [2.05, 4.69) is 5.32 Å². The fraction of sp³-hybridized carbons (Fsp3) is 0.0714. The third-order valence-electron chi connectivity index (χ3n) is 2.66. The molecule has 7 heteroatoms. The Bertz CT molecular complexity index is 686. The van der Waals surface area contributed by atoms with Crippen LogP contribution < -0.4 is 5.32 Å². The molecule has 0 fully saturated rings. The minimum absolute atomic E-state index is 0.0130. The molecule has 1 amide bonds. The molecule has 0 saturated carbocycles. The van der Waals surface area contributed by atoms with Crippen molar-refractivity contribution in [1.29, 1.82) is 0 Å². The van der Waals surface area contributed by atoms with Gasteiger partial charge in [-0.2, -0.15) is 13.2 Å². The van der Waals surface area contributed by atoms with Crippen LogP contribution in [-0.2, 0) is 6.18 Å². The fourth-order valence-electron chi connectivity index (χ4n) is 1.62. The molecule has 0 aliphatic carbocycles. The molecule has 0 aliphatic rings. The number of anilines is 1. The highest BCUT2D eigenvalue weighted by Crippen LogP contribution is 2.31. The van der Waals surface area contributed by atoms with Crippen LogP contribution in [0.3, 0.4) is 0 Å². The Labute approximate surface area is 123 Å². The first-order valence-electron chi connectivity index (χ1n) is 5.74. The molecule has 21 heavy (non-hydrogen) atoms. The van der Waals surface area contributed by atoms with Crippen molar-refractivity contribution >= 4 is 23.2 Å². The molecular formula is C14H9ClF3NO2. The summed E-state index contributed by atoms with van der Waals surface area (Å²) in [6.45, 7) is 0. The Kier molecular flexibility index (Phi) is 4.09. The number of phenolic OH excluding ortho intramolecular Hbond substituents is 1. The van der Waals surface area contributed by atoms with Crippen LogP contribution in [0, 0.1) is 0 Å². The second-order valence-electron chi connectivity index (χ2n) is 4.20. The summed E-state index contributed by atoms with van der Waals surface area (Å²) in [5.74, 6) is -0.816. The van der Waals surface area contributed by atoms with Gasteiger partial charge >= 0.3 is 6.18 Å². The third kappa shape index (κ3) is 3.66. The summed E-state index contributed by atoms with van der Waals surface area (Å²) < 4.78 is 37.7. The lowest BCUT2D eigenvalue weighted by Gasteiger charge is -2.10. The zero-order chi connectivity index (χ0) is 15.6. The maximum absolute atomic E-state index is 12.6. The molecule has 2 N–H and O–H groups in total. The van der Waals surface area contributed by atoms with Gasteiger partial charge in [0.05, 0.1) is 10.6 Å². The number of benzene rings is 2. The number of phenols is 1. The first kappa shape index (κ1) is 15.2. The van der Waals surface area contributed by atoms with Crippen molar-refractivity contribution < 1.29 is 23.1 Å². The van der Waals surface area contributed by atoms with Crippen LogP contribution in [0.4, 0.5) is 18.9 Å². The van der Waals surface area contributed by atoms with Crippen LogP contribution in [0.2, 0.25) is 5.02 Å². The predicted octanol–water partition coefficient (Wildman–Crippen LogP) is 4.32. The highest BCUT2D eigenvalue weighted by Gasteiger charge is 2.30. The molecule has 2 aromatic carbocycles. The second kappa shape index (κ2) is 5.65. The Hall–Kier alpha value is -2.21. The number of halogens is 4. The Morgan fingerprint density at radius 3 is 2.48 bits per heavy atom. The maximum Gasteiger partial charge on any atom is 0.416 e. The predicted molar refractivity (Wildman–Crippen MR) is 72.5 cm³/mol. The van der Waals surface area contributed by atoms with E-state index in [1.165, 1.54) is 30.3 Å². The van der Waals surface area contributed by atoms with Crippen LogP contribution in [-0.4, -0.2) is 11.0 Å². The molecule has 0 saturated heterocycles. The van der Waals surface area contributed by atoms with Crippen molar-refractivity contribution in [3.8, 4) is 5.75 Å². The molecule has 0 bridgehead atoms. The summed E-state index contributed by atoms with van der Waals surface area (Å²) in [5, 5.41) is 11.6. The van der Waals surface area contributed by atoms with E-state index in [4.69, 9.17) is 11.6 Å². The quantitative estimate of drug-likeness (QED) is 0.867. The Morgan fingerprint density at radius 1 is 1.14 bits per heavy atom. The highest BCUT2D eigenvalue weighted by atomic mass is 35.5. The molecule has 0 radical (unpaired) electrons. The monoisotopic (exact) mass is 315 g/mol. The van der Waals surface area contributed by atoms with Gasteiger partial charge < -0.3 is 10.4 Å². The van der Waals surface area contributed by atoms with Crippen LogP contribution in [0.1, 0.15) is 15.9 Å². The molecular weight excluding hydrogens is 307 g/mol. The van der Waals surface area contributed by atoms with Gasteiger partial charge in [-0.05, 0) is 36.4 Å². The standard InChI is InChI=1S/C14H9ClF3NO2/c15-11-6-8(4-5-12(11)20)13(21)19-10-3-1-2-9(7-10)14(16,17)18/h1-7,20H,(H,19,21). The highest BCUT2D eigenvalue weighted by molar-refractivity contribution is 6.32. The first-order chi connectivity index (χ1) is 9.77. The van der Waals surface area contributed by atoms with E-state index in [9.17, 15) is 23.1 Å². The van der Waals surface area contributed by atoms with Crippen molar-refractivity contribution in [2.75, 3.05) is 5.32 Å². The Morgan fingerprint density at radius 2 is 1.86 bits per heavy atom. The fourth-order valence-corrected chi connectivity index (χ4v) is 1.81. The van der Waals surface area contributed by atoms with Crippen molar-refractivity contribution in [3.63, 3.8) is 0 Å². The van der Waals surface area contributed by atoms with Crippen molar-refractivity contribution in [2.24, 2.45) is 0 Å². The van der Waals surface area contributed by atoms with Gasteiger partial charge in [-0.15, -0.1) is 0 Å². The van der Waals surface area contributed by atoms with Crippen molar-refractivity contribution in [1.82, 2.24) is 0 Å². The van der Waals surface area contributed by atoms with Gasteiger partial charge in [-0.1, -0.05) is 17.7 Å². The van der Waals surface area contributed by atoms with Gasteiger partial charge in [-0.25, -0.2) is 0 Å². The summed E-state index contributed by atoms with van der Waals surface area (Å²) in [6.07, 6.45) is -4.48. The van der Waals surface area contributed by atoms with Crippen LogP contribution >= 0.6 is 11.6 Å². The second-order valence-corrected chi connectivity index (χ2v) is 4.61. The number of carbonyl (C=O) groups is 1. The summed E-state index contributed by atoms with van der Waals surface area (Å²) in [6, 6.07) is 8.04. The molecule has 0 aliphatic heterocycles. The summed E-state index contributed by atoms with van der Waals surface area (Å²) in [7, 11) is 0. The average molecular weight is 316 g/mol. The SMILES string of the molecule is O=C(Nc1cccc(C(F)(F)F)c1)c1ccc(O)c(Cl)c1. The van der Waals surface area contributed by atoms with E-state index in [1.54, 1.807) is 0 Å². The lowest BCUT2D eigenvalue weighted by Crippen LogP contribution is -2.13. The topological polar surface area (TPSA) is 49.3 Å². The minimum atomic E-state index is -4.48. The lowest BCUT2D eigenvalue weighted by molar-refractivity contribution is -0.137. The summed E-state index contributed by atoms with van der Waals surface area (Å²) >= 11 is 5.67. The van der Waals surface area contributed by atoms with Gasteiger partial charge in [0.1, 0.15) is 5.75 Å². The number of hydrogen-bond donors (Lipinski definition) is 2. The summed E-state index contributed by atoms with van der Waals surface area (Å²) in [4.78, 5) is 11.9. The van der Waals surface area contributed by atoms with Crippen LogP contribution in [0.5, 0.6) is 5.75 Å².